The van der Waals surface area contributed by atoms with E-state index in [2.05, 4.69) is 4.18 Å². The van der Waals surface area contributed by atoms with E-state index in [-0.39, 0.29) is 0 Å². The molecule has 0 aliphatic carbocycles. The fourth-order valence-corrected chi connectivity index (χ4v) is 2.47. The largest absolute Gasteiger partial charge is 0.399 e. The minimum atomic E-state index is -3.51. The summed E-state index contributed by atoms with van der Waals surface area (Å²) in [6.45, 7) is 0. The molecular formula is C7H9NO3S2. The zero-order valence-corrected chi connectivity index (χ0v) is 8.56. The Balaban J connectivity index is 2.82. The van der Waals surface area contributed by atoms with Gasteiger partial charge in [-0.25, -0.2) is 0 Å². The number of nitrogens with two attached hydrogens (primary N) is 1. The van der Waals surface area contributed by atoms with Crippen molar-refractivity contribution in [2.75, 3.05) is 12.8 Å². The standard InChI is InChI=1S/C7H9NO3S2/c1-11-13(9,10)12-7-4-2-6(8)3-5-7/h2-5H,8H2,1H3. The lowest BCUT2D eigenvalue weighted by Crippen LogP contribution is -1.95. The summed E-state index contributed by atoms with van der Waals surface area (Å²) in [6.07, 6.45) is 0. The smallest absolute Gasteiger partial charge is 0.326 e. The summed E-state index contributed by atoms with van der Waals surface area (Å²) in [5.74, 6) is 0. The molecule has 1 aromatic rings. The van der Waals surface area contributed by atoms with E-state index in [1.807, 2.05) is 0 Å². The maximum Gasteiger partial charge on any atom is 0.326 e. The van der Waals surface area contributed by atoms with Crippen LogP contribution in [0.2, 0.25) is 0 Å². The van der Waals surface area contributed by atoms with Crippen LogP contribution in [0.15, 0.2) is 29.2 Å². The lowest BCUT2D eigenvalue weighted by atomic mass is 10.3. The molecule has 0 aliphatic heterocycles. The van der Waals surface area contributed by atoms with Gasteiger partial charge in [0.1, 0.15) is 0 Å². The van der Waals surface area contributed by atoms with Gasteiger partial charge in [0.05, 0.1) is 7.11 Å². The molecule has 0 radical (unpaired) electrons. The summed E-state index contributed by atoms with van der Waals surface area (Å²) in [5, 5.41) is 0. The predicted octanol–water partition coefficient (Wildman–Crippen LogP) is 1.25. The molecule has 2 N–H and O–H groups in total. The third-order valence-electron chi connectivity index (χ3n) is 1.28. The molecule has 13 heavy (non-hydrogen) atoms. The predicted molar refractivity (Wildman–Crippen MR) is 52.6 cm³/mol. The molecule has 0 aromatic heterocycles. The minimum Gasteiger partial charge on any atom is -0.399 e. The van der Waals surface area contributed by atoms with E-state index in [1.54, 1.807) is 24.3 Å². The fourth-order valence-electron chi connectivity index (χ4n) is 0.675. The molecule has 0 bridgehead atoms. The fraction of sp³-hybridized carbons (Fsp3) is 0.143. The van der Waals surface area contributed by atoms with E-state index in [0.29, 0.717) is 21.4 Å². The van der Waals surface area contributed by atoms with Crippen molar-refractivity contribution in [2.24, 2.45) is 0 Å². The van der Waals surface area contributed by atoms with Crippen LogP contribution in [0.3, 0.4) is 0 Å². The van der Waals surface area contributed by atoms with Gasteiger partial charge < -0.3 is 5.73 Å². The summed E-state index contributed by atoms with van der Waals surface area (Å²) in [5.41, 5.74) is 6.03. The van der Waals surface area contributed by atoms with E-state index in [9.17, 15) is 8.42 Å². The highest BCUT2D eigenvalue weighted by Gasteiger charge is 2.10. The number of rotatable bonds is 3. The molecule has 6 heteroatoms. The van der Waals surface area contributed by atoms with Crippen LogP contribution in [0.1, 0.15) is 0 Å². The van der Waals surface area contributed by atoms with Crippen LogP contribution in [-0.2, 0) is 13.3 Å². The van der Waals surface area contributed by atoms with Crippen LogP contribution in [0.5, 0.6) is 0 Å². The number of hydrogen-bond acceptors (Lipinski definition) is 5. The van der Waals surface area contributed by atoms with Crippen LogP contribution < -0.4 is 5.73 Å². The van der Waals surface area contributed by atoms with E-state index in [4.69, 9.17) is 5.73 Å². The van der Waals surface area contributed by atoms with Gasteiger partial charge in [-0.2, -0.15) is 8.42 Å². The van der Waals surface area contributed by atoms with Gasteiger partial charge >= 0.3 is 9.15 Å². The second kappa shape index (κ2) is 3.99. The average Bonchev–Trinajstić information content (AvgIpc) is 2.09. The number of anilines is 1. The van der Waals surface area contributed by atoms with E-state index < -0.39 is 9.15 Å². The van der Waals surface area contributed by atoms with E-state index in [1.165, 1.54) is 0 Å². The van der Waals surface area contributed by atoms with Crippen molar-refractivity contribution in [3.8, 4) is 0 Å². The molecule has 0 unspecified atom stereocenters. The van der Waals surface area contributed by atoms with Crippen molar-refractivity contribution >= 4 is 25.6 Å². The van der Waals surface area contributed by atoms with Crippen molar-refractivity contribution in [3.05, 3.63) is 24.3 Å². The number of hydrogen-bond donors (Lipinski definition) is 1. The van der Waals surface area contributed by atoms with Gasteiger partial charge in [0.15, 0.2) is 0 Å². The molecule has 0 saturated heterocycles. The van der Waals surface area contributed by atoms with Gasteiger partial charge in [0.25, 0.3) is 0 Å². The van der Waals surface area contributed by atoms with Crippen LogP contribution in [0, 0.1) is 0 Å². The van der Waals surface area contributed by atoms with Crippen LogP contribution in [-0.4, -0.2) is 15.5 Å². The molecule has 0 amide bonds. The van der Waals surface area contributed by atoms with Gasteiger partial charge in [0.2, 0.25) is 0 Å². The Kier molecular flexibility index (Phi) is 3.18. The van der Waals surface area contributed by atoms with Gasteiger partial charge in [-0.15, -0.1) is 0 Å². The minimum absolute atomic E-state index is 0.580. The first-order valence-corrected chi connectivity index (χ1v) is 6.13. The first-order valence-electron chi connectivity index (χ1n) is 3.39. The average molecular weight is 219 g/mol. The molecule has 0 heterocycles. The van der Waals surface area contributed by atoms with Crippen molar-refractivity contribution in [2.45, 2.75) is 4.90 Å². The van der Waals surface area contributed by atoms with E-state index in [0.717, 1.165) is 7.11 Å². The maximum absolute atomic E-state index is 11.0. The highest BCUT2D eigenvalue weighted by Crippen LogP contribution is 2.25. The van der Waals surface area contributed by atoms with Crippen LogP contribution in [0.4, 0.5) is 5.69 Å². The maximum atomic E-state index is 11.0. The highest BCUT2D eigenvalue weighted by atomic mass is 33.1. The second-order valence-electron chi connectivity index (χ2n) is 2.23. The van der Waals surface area contributed by atoms with Gasteiger partial charge in [0, 0.05) is 21.4 Å². The quantitative estimate of drug-likeness (QED) is 0.612. The first kappa shape index (κ1) is 10.4. The topological polar surface area (TPSA) is 69.4 Å². The molecule has 0 spiro atoms. The first-order chi connectivity index (χ1) is 6.03. The molecular weight excluding hydrogens is 210 g/mol. The Morgan fingerprint density at radius 1 is 1.31 bits per heavy atom. The molecule has 0 aliphatic rings. The lowest BCUT2D eigenvalue weighted by molar-refractivity contribution is 0.413. The summed E-state index contributed by atoms with van der Waals surface area (Å²) >= 11 is 0. The van der Waals surface area contributed by atoms with Gasteiger partial charge in [-0.3, -0.25) is 4.18 Å². The summed E-state index contributed by atoms with van der Waals surface area (Å²) < 4.78 is 26.2. The third kappa shape index (κ3) is 3.25. The molecule has 1 rings (SSSR count). The Morgan fingerprint density at radius 3 is 2.31 bits per heavy atom. The zero-order chi connectivity index (χ0) is 9.90. The van der Waals surface area contributed by atoms with Gasteiger partial charge in [-0.05, 0) is 24.3 Å². The van der Waals surface area contributed by atoms with Crippen molar-refractivity contribution in [1.82, 2.24) is 0 Å². The molecule has 72 valence electrons. The zero-order valence-electron chi connectivity index (χ0n) is 6.93. The molecule has 0 saturated carbocycles. The van der Waals surface area contributed by atoms with Crippen LogP contribution in [0.25, 0.3) is 0 Å². The highest BCUT2D eigenvalue weighted by molar-refractivity contribution is 8.70. The van der Waals surface area contributed by atoms with Crippen molar-refractivity contribution in [1.29, 1.82) is 0 Å². The summed E-state index contributed by atoms with van der Waals surface area (Å²) in [7, 11) is -1.74. The Morgan fingerprint density at radius 2 is 1.85 bits per heavy atom. The van der Waals surface area contributed by atoms with Crippen LogP contribution >= 0.6 is 10.8 Å². The molecule has 0 atom stereocenters. The summed E-state index contributed by atoms with van der Waals surface area (Å²) in [6, 6.07) is 6.51. The summed E-state index contributed by atoms with van der Waals surface area (Å²) in [4.78, 5) is 0.580. The Bertz CT molecular complexity index is 371. The molecule has 0 fully saturated rings. The van der Waals surface area contributed by atoms with Gasteiger partial charge in [-0.1, -0.05) is 0 Å². The number of nitrogen functional groups attached to an aromatic ring is 1. The van der Waals surface area contributed by atoms with Crippen molar-refractivity contribution < 1.29 is 12.6 Å². The number of benzene rings is 1. The second-order valence-corrected chi connectivity index (χ2v) is 5.74. The van der Waals surface area contributed by atoms with E-state index >= 15 is 0 Å². The normalized spacial score (nSPS) is 11.5. The Labute approximate surface area is 80.6 Å². The molecule has 1 aromatic carbocycles. The third-order valence-corrected chi connectivity index (χ3v) is 3.96. The molecule has 4 nitrogen and oxygen atoms in total. The van der Waals surface area contributed by atoms with Crippen molar-refractivity contribution in [3.63, 3.8) is 0 Å². The Hall–Kier alpha value is -0.720. The monoisotopic (exact) mass is 219 g/mol. The SMILES string of the molecule is COS(=O)(=O)Sc1ccc(N)cc1. The lowest BCUT2D eigenvalue weighted by Gasteiger charge is -2.00.